The number of benzene rings is 1. The van der Waals surface area contributed by atoms with Crippen molar-refractivity contribution in [2.45, 2.75) is 19.3 Å². The van der Waals surface area contributed by atoms with Crippen LogP contribution in [0, 0.1) is 5.82 Å². The van der Waals surface area contributed by atoms with Gasteiger partial charge in [-0.2, -0.15) is 0 Å². The summed E-state index contributed by atoms with van der Waals surface area (Å²) in [7, 11) is 0. The largest absolute Gasteiger partial charge is 0.483 e. The second-order valence-corrected chi connectivity index (χ2v) is 8.25. The van der Waals surface area contributed by atoms with Crippen molar-refractivity contribution >= 4 is 28.9 Å². The van der Waals surface area contributed by atoms with Crippen LogP contribution in [0.2, 0.25) is 0 Å². The van der Waals surface area contributed by atoms with Gasteiger partial charge in [0.2, 0.25) is 0 Å². The fourth-order valence-electron chi connectivity index (χ4n) is 3.89. The Morgan fingerprint density at radius 1 is 1.17 bits per heavy atom. The molecule has 0 saturated carbocycles. The first-order valence-electron chi connectivity index (χ1n) is 9.54. The maximum atomic E-state index is 14.1. The third-order valence-electron chi connectivity index (χ3n) is 5.42. The van der Waals surface area contributed by atoms with Gasteiger partial charge >= 0.3 is 0 Å². The predicted octanol–water partition coefficient (Wildman–Crippen LogP) is 2.94. The lowest BCUT2D eigenvalue weighted by Crippen LogP contribution is -2.51. The highest BCUT2D eigenvalue weighted by molar-refractivity contribution is 7.12. The van der Waals surface area contributed by atoms with Crippen LogP contribution >= 0.6 is 11.3 Å². The smallest absolute Gasteiger partial charge is 0.264 e. The topological polar surface area (TPSA) is 66.9 Å². The number of fused-ring (bicyclic) bond motifs is 1. The molecule has 0 unspecified atom stereocenters. The van der Waals surface area contributed by atoms with E-state index in [4.69, 9.17) is 4.74 Å². The molecule has 2 aliphatic rings. The normalized spacial score (nSPS) is 18.7. The number of carbonyl (C=O) groups excluding carboxylic acids is 3. The van der Waals surface area contributed by atoms with Gasteiger partial charge in [-0.3, -0.25) is 14.4 Å². The Balaban J connectivity index is 1.35. The van der Waals surface area contributed by atoms with E-state index in [0.29, 0.717) is 36.6 Å². The maximum Gasteiger partial charge on any atom is 0.264 e. The minimum absolute atomic E-state index is 0.0159. The Morgan fingerprint density at radius 2 is 1.90 bits per heavy atom. The van der Waals surface area contributed by atoms with Gasteiger partial charge in [0, 0.05) is 38.2 Å². The van der Waals surface area contributed by atoms with Gasteiger partial charge in [0.25, 0.3) is 11.8 Å². The van der Waals surface area contributed by atoms with E-state index in [2.05, 4.69) is 0 Å². The van der Waals surface area contributed by atoms with E-state index < -0.39 is 5.82 Å². The molecule has 2 aromatic rings. The van der Waals surface area contributed by atoms with E-state index in [0.717, 1.165) is 0 Å². The van der Waals surface area contributed by atoms with Gasteiger partial charge in [-0.05, 0) is 29.5 Å². The lowest BCUT2D eigenvalue weighted by molar-refractivity contribution is -0.134. The molecule has 2 heterocycles. The van der Waals surface area contributed by atoms with Crippen molar-refractivity contribution in [3.05, 3.63) is 51.5 Å². The Morgan fingerprint density at radius 3 is 2.59 bits per heavy atom. The van der Waals surface area contributed by atoms with E-state index in [1.54, 1.807) is 22.8 Å². The molecular formula is C21H21FN2O4S. The van der Waals surface area contributed by atoms with Crippen LogP contribution in [0.3, 0.4) is 0 Å². The number of nitrogens with zero attached hydrogens (tertiary/aromatic N) is 2. The fraction of sp³-hybridized carbons (Fsp3) is 0.381. The summed E-state index contributed by atoms with van der Waals surface area (Å²) < 4.78 is 19.7. The lowest BCUT2D eigenvalue weighted by Gasteiger charge is -2.34. The summed E-state index contributed by atoms with van der Waals surface area (Å²) in [5, 5.41) is 1.86. The summed E-state index contributed by atoms with van der Waals surface area (Å²) in [5.41, 5.74) is 0.636. The van der Waals surface area contributed by atoms with Crippen LogP contribution in [0.4, 0.5) is 4.39 Å². The zero-order chi connectivity index (χ0) is 20.5. The zero-order valence-electron chi connectivity index (χ0n) is 16.0. The van der Waals surface area contributed by atoms with Crippen molar-refractivity contribution in [1.82, 2.24) is 9.80 Å². The van der Waals surface area contributed by atoms with Crippen molar-refractivity contribution in [3.63, 3.8) is 0 Å². The van der Waals surface area contributed by atoms with E-state index in [1.165, 1.54) is 23.5 Å². The highest BCUT2D eigenvalue weighted by Gasteiger charge is 2.33. The van der Waals surface area contributed by atoms with Crippen LogP contribution in [0.25, 0.3) is 0 Å². The standard InChI is InChI=1S/C21H21FN2O4S/c1-13-11-15(25)20-16(5-4-14(22)19(13)20)28-12-18(26)23-6-8-24(9-7-23)21(27)17-3-2-10-29-17/h2-5,10,13H,6-9,11-12H2,1H3/t13-/m1/s1. The number of halogens is 1. The van der Waals surface area contributed by atoms with Crippen LogP contribution in [0.1, 0.15) is 44.9 Å². The summed E-state index contributed by atoms with van der Waals surface area (Å²) in [5.74, 6) is -0.734. The Bertz CT molecular complexity index is 952. The minimum Gasteiger partial charge on any atom is -0.483 e. The highest BCUT2D eigenvalue weighted by Crippen LogP contribution is 2.39. The second kappa shape index (κ2) is 7.94. The summed E-state index contributed by atoms with van der Waals surface area (Å²) in [6.07, 6.45) is 0.251. The van der Waals surface area contributed by atoms with E-state index in [-0.39, 0.29) is 47.9 Å². The average molecular weight is 416 g/mol. The molecule has 1 fully saturated rings. The Kier molecular flexibility index (Phi) is 5.36. The Hall–Kier alpha value is -2.74. The summed E-state index contributed by atoms with van der Waals surface area (Å²) in [6, 6.07) is 6.33. The molecule has 0 bridgehead atoms. The van der Waals surface area contributed by atoms with Crippen molar-refractivity contribution in [2.24, 2.45) is 0 Å². The zero-order valence-corrected chi connectivity index (χ0v) is 16.8. The second-order valence-electron chi connectivity index (χ2n) is 7.30. The van der Waals surface area contributed by atoms with Crippen LogP contribution in [0.15, 0.2) is 29.6 Å². The number of hydrogen-bond donors (Lipinski definition) is 0. The third-order valence-corrected chi connectivity index (χ3v) is 6.28. The molecule has 1 aromatic carbocycles. The fourth-order valence-corrected chi connectivity index (χ4v) is 4.58. The van der Waals surface area contributed by atoms with Gasteiger partial charge in [0.05, 0.1) is 10.4 Å². The summed E-state index contributed by atoms with van der Waals surface area (Å²) in [6.45, 7) is 3.36. The van der Waals surface area contributed by atoms with Crippen molar-refractivity contribution in [2.75, 3.05) is 32.8 Å². The number of Topliss-reactive ketones (excluding diaryl/α,β-unsaturated/α-hetero) is 1. The number of ether oxygens (including phenoxy) is 1. The first-order valence-corrected chi connectivity index (χ1v) is 10.4. The summed E-state index contributed by atoms with van der Waals surface area (Å²) >= 11 is 1.40. The van der Waals surface area contributed by atoms with Crippen LogP contribution in [-0.2, 0) is 4.79 Å². The molecule has 2 amide bonds. The Labute approximate surface area is 171 Å². The maximum absolute atomic E-state index is 14.1. The number of rotatable bonds is 4. The quantitative estimate of drug-likeness (QED) is 0.769. The van der Waals surface area contributed by atoms with Crippen LogP contribution in [0.5, 0.6) is 5.75 Å². The molecular weight excluding hydrogens is 395 g/mol. The van der Waals surface area contributed by atoms with Crippen molar-refractivity contribution < 1.29 is 23.5 Å². The average Bonchev–Trinajstić information content (AvgIpc) is 3.36. The molecule has 1 atom stereocenters. The summed E-state index contributed by atoms with van der Waals surface area (Å²) in [4.78, 5) is 41.2. The third kappa shape index (κ3) is 3.76. The predicted molar refractivity (Wildman–Crippen MR) is 106 cm³/mol. The minimum atomic E-state index is -0.413. The molecule has 1 saturated heterocycles. The number of amides is 2. The molecule has 1 aliphatic heterocycles. The molecule has 0 N–H and O–H groups in total. The monoisotopic (exact) mass is 416 g/mol. The van der Waals surface area contributed by atoms with E-state index >= 15 is 0 Å². The van der Waals surface area contributed by atoms with Crippen molar-refractivity contribution in [1.29, 1.82) is 0 Å². The first kappa shape index (κ1) is 19.6. The van der Waals surface area contributed by atoms with Gasteiger partial charge in [0.15, 0.2) is 12.4 Å². The molecule has 4 rings (SSSR count). The molecule has 0 radical (unpaired) electrons. The molecule has 152 valence electrons. The van der Waals surface area contributed by atoms with Gasteiger partial charge < -0.3 is 14.5 Å². The molecule has 6 nitrogen and oxygen atoms in total. The van der Waals surface area contributed by atoms with Gasteiger partial charge in [-0.1, -0.05) is 13.0 Å². The molecule has 1 aliphatic carbocycles. The molecule has 1 aromatic heterocycles. The van der Waals surface area contributed by atoms with Gasteiger partial charge in [0.1, 0.15) is 11.6 Å². The number of hydrogen-bond acceptors (Lipinski definition) is 5. The molecule has 8 heteroatoms. The van der Waals surface area contributed by atoms with E-state index in [1.807, 2.05) is 11.4 Å². The number of piperazine rings is 1. The number of thiophene rings is 1. The van der Waals surface area contributed by atoms with Crippen LogP contribution < -0.4 is 4.74 Å². The lowest BCUT2D eigenvalue weighted by atomic mass is 10.0. The number of ketones is 1. The van der Waals surface area contributed by atoms with Crippen LogP contribution in [-0.4, -0.2) is 60.2 Å². The SMILES string of the molecule is C[C@@H]1CC(=O)c2c(OCC(=O)N3CCN(C(=O)c4cccs4)CC3)ccc(F)c21. The number of carbonyl (C=O) groups is 3. The van der Waals surface area contributed by atoms with E-state index in [9.17, 15) is 18.8 Å². The molecule has 0 spiro atoms. The van der Waals surface area contributed by atoms with Crippen molar-refractivity contribution in [3.8, 4) is 5.75 Å². The first-order chi connectivity index (χ1) is 14.0. The highest BCUT2D eigenvalue weighted by atomic mass is 32.1. The molecule has 29 heavy (non-hydrogen) atoms. The van der Waals surface area contributed by atoms with Gasteiger partial charge in [-0.25, -0.2) is 4.39 Å². The van der Waals surface area contributed by atoms with Gasteiger partial charge in [-0.15, -0.1) is 11.3 Å².